The van der Waals surface area contributed by atoms with Gasteiger partial charge in [0.15, 0.2) is 0 Å². The highest BCUT2D eigenvalue weighted by Gasteiger charge is 2.03. The lowest BCUT2D eigenvalue weighted by molar-refractivity contribution is 0.0744. The molecule has 0 aliphatic carbocycles. The summed E-state index contributed by atoms with van der Waals surface area (Å²) >= 11 is 0. The highest BCUT2D eigenvalue weighted by atomic mass is 16.5. The molecule has 0 aliphatic heterocycles. The van der Waals surface area contributed by atoms with E-state index in [0.29, 0.717) is 12.1 Å². The fourth-order valence-corrected chi connectivity index (χ4v) is 1.43. The van der Waals surface area contributed by atoms with Crippen LogP contribution in [-0.4, -0.2) is 25.8 Å². The first-order valence-electron chi connectivity index (χ1n) is 5.49. The van der Waals surface area contributed by atoms with Crippen LogP contribution in [0.4, 0.5) is 0 Å². The zero-order valence-electron chi connectivity index (χ0n) is 9.60. The molecule has 0 saturated heterocycles. The smallest absolute Gasteiger partial charge is 0.0518 e. The second kappa shape index (κ2) is 8.52. The van der Waals surface area contributed by atoms with Crippen molar-refractivity contribution in [2.24, 2.45) is 0 Å². The average Bonchev–Trinajstić information content (AvgIpc) is 2.10. The maximum absolute atomic E-state index is 5.49. The first-order chi connectivity index (χ1) is 6.20. The van der Waals surface area contributed by atoms with Crippen molar-refractivity contribution in [3.63, 3.8) is 0 Å². The summed E-state index contributed by atoms with van der Waals surface area (Å²) < 4.78 is 5.49. The van der Waals surface area contributed by atoms with Crippen molar-refractivity contribution in [1.82, 2.24) is 5.32 Å². The topological polar surface area (TPSA) is 21.3 Å². The normalized spacial score (nSPS) is 13.6. The molecule has 0 aromatic carbocycles. The zero-order chi connectivity index (χ0) is 10.1. The van der Waals surface area contributed by atoms with Crippen LogP contribution in [0.1, 0.15) is 46.5 Å². The summed E-state index contributed by atoms with van der Waals surface area (Å²) in [7, 11) is 2.05. The molecule has 0 aromatic rings. The predicted octanol–water partition coefficient (Wildman–Crippen LogP) is 2.58. The second-order valence-corrected chi connectivity index (χ2v) is 3.84. The number of hydrogen-bond donors (Lipinski definition) is 1. The van der Waals surface area contributed by atoms with Crippen LogP contribution in [0.5, 0.6) is 0 Å². The van der Waals surface area contributed by atoms with Gasteiger partial charge in [0.25, 0.3) is 0 Å². The van der Waals surface area contributed by atoms with Crippen LogP contribution in [0.25, 0.3) is 0 Å². The molecule has 1 unspecified atom stereocenters. The highest BCUT2D eigenvalue weighted by Crippen LogP contribution is 2.04. The lowest BCUT2D eigenvalue weighted by Gasteiger charge is -2.15. The summed E-state index contributed by atoms with van der Waals surface area (Å²) in [6.45, 7) is 7.30. The molecule has 0 spiro atoms. The quantitative estimate of drug-likeness (QED) is 0.590. The van der Waals surface area contributed by atoms with Gasteiger partial charge < -0.3 is 10.1 Å². The molecule has 0 amide bonds. The van der Waals surface area contributed by atoms with E-state index in [1.165, 1.54) is 25.7 Å². The molecule has 0 radical (unpaired) electrons. The Morgan fingerprint density at radius 3 is 2.38 bits per heavy atom. The van der Waals surface area contributed by atoms with Gasteiger partial charge in [0.1, 0.15) is 0 Å². The van der Waals surface area contributed by atoms with Gasteiger partial charge in [-0.25, -0.2) is 0 Å². The van der Waals surface area contributed by atoms with Crippen molar-refractivity contribution in [2.45, 2.75) is 58.6 Å². The number of rotatable bonds is 8. The summed E-state index contributed by atoms with van der Waals surface area (Å²) in [6.07, 6.45) is 5.31. The maximum atomic E-state index is 5.49. The molecule has 1 N–H and O–H groups in total. The predicted molar refractivity (Wildman–Crippen MR) is 58.1 cm³/mol. The molecular formula is C11H25NO. The van der Waals surface area contributed by atoms with Crippen LogP contribution in [-0.2, 0) is 4.74 Å². The Morgan fingerprint density at radius 2 is 1.92 bits per heavy atom. The third-order valence-electron chi connectivity index (χ3n) is 2.19. The van der Waals surface area contributed by atoms with Gasteiger partial charge in [-0.2, -0.15) is 0 Å². The van der Waals surface area contributed by atoms with Gasteiger partial charge in [-0.1, -0.05) is 13.3 Å². The van der Waals surface area contributed by atoms with E-state index in [0.717, 1.165) is 6.61 Å². The minimum absolute atomic E-state index is 0.374. The second-order valence-electron chi connectivity index (χ2n) is 3.84. The number of hydrogen-bond acceptors (Lipinski definition) is 2. The van der Waals surface area contributed by atoms with Gasteiger partial charge in [0, 0.05) is 12.6 Å². The largest absolute Gasteiger partial charge is 0.379 e. The summed E-state index contributed by atoms with van der Waals surface area (Å²) in [4.78, 5) is 0. The molecule has 80 valence electrons. The van der Waals surface area contributed by atoms with E-state index in [1.54, 1.807) is 0 Å². The van der Waals surface area contributed by atoms with E-state index in [-0.39, 0.29) is 0 Å². The lowest BCUT2D eigenvalue weighted by Crippen LogP contribution is -2.25. The van der Waals surface area contributed by atoms with E-state index in [1.807, 2.05) is 7.05 Å². The molecule has 0 rings (SSSR count). The lowest BCUT2D eigenvalue weighted by atomic mass is 10.1. The summed E-state index contributed by atoms with van der Waals surface area (Å²) in [5.41, 5.74) is 0. The monoisotopic (exact) mass is 187 g/mol. The van der Waals surface area contributed by atoms with Gasteiger partial charge >= 0.3 is 0 Å². The Balaban J connectivity index is 3.27. The Bertz CT molecular complexity index is 104. The average molecular weight is 187 g/mol. The summed E-state index contributed by atoms with van der Waals surface area (Å²) in [6, 6.07) is 0.681. The molecular weight excluding hydrogens is 162 g/mol. The first kappa shape index (κ1) is 12.9. The van der Waals surface area contributed by atoms with Crippen LogP contribution < -0.4 is 5.32 Å². The number of ether oxygens (including phenoxy) is 1. The van der Waals surface area contributed by atoms with Gasteiger partial charge in [-0.05, 0) is 40.2 Å². The van der Waals surface area contributed by atoms with Crippen LogP contribution >= 0.6 is 0 Å². The first-order valence-corrected chi connectivity index (χ1v) is 5.49. The van der Waals surface area contributed by atoms with Crippen LogP contribution in [0.15, 0.2) is 0 Å². The fraction of sp³-hybridized carbons (Fsp3) is 1.00. The SMILES string of the molecule is CCCC(CCCOC(C)C)NC. The van der Waals surface area contributed by atoms with Gasteiger partial charge in [0.05, 0.1) is 6.10 Å². The molecule has 0 aliphatic rings. The molecule has 1 atom stereocenters. The van der Waals surface area contributed by atoms with Crippen molar-refractivity contribution in [3.8, 4) is 0 Å². The standard InChI is InChI=1S/C11H25NO/c1-5-7-11(12-4)8-6-9-13-10(2)3/h10-12H,5-9H2,1-4H3. The summed E-state index contributed by atoms with van der Waals surface area (Å²) in [5.74, 6) is 0. The van der Waals surface area contributed by atoms with Crippen molar-refractivity contribution >= 4 is 0 Å². The van der Waals surface area contributed by atoms with Gasteiger partial charge in [0.2, 0.25) is 0 Å². The zero-order valence-corrected chi connectivity index (χ0v) is 9.60. The molecule has 0 bridgehead atoms. The molecule has 2 heteroatoms. The molecule has 0 aromatic heterocycles. The molecule has 13 heavy (non-hydrogen) atoms. The maximum Gasteiger partial charge on any atom is 0.0518 e. The fourth-order valence-electron chi connectivity index (χ4n) is 1.43. The number of nitrogens with one attached hydrogen (secondary N) is 1. The minimum Gasteiger partial charge on any atom is -0.379 e. The molecule has 0 saturated carbocycles. The van der Waals surface area contributed by atoms with E-state index in [9.17, 15) is 0 Å². The van der Waals surface area contributed by atoms with Crippen LogP contribution in [0, 0.1) is 0 Å². The Labute approximate surface area is 83.1 Å². The van der Waals surface area contributed by atoms with Gasteiger partial charge in [-0.15, -0.1) is 0 Å². The Morgan fingerprint density at radius 1 is 1.23 bits per heavy atom. The van der Waals surface area contributed by atoms with E-state index in [2.05, 4.69) is 26.1 Å². The van der Waals surface area contributed by atoms with E-state index < -0.39 is 0 Å². The minimum atomic E-state index is 0.374. The van der Waals surface area contributed by atoms with Crippen LogP contribution in [0.2, 0.25) is 0 Å². The Hall–Kier alpha value is -0.0800. The van der Waals surface area contributed by atoms with Crippen molar-refractivity contribution < 1.29 is 4.74 Å². The molecule has 0 heterocycles. The van der Waals surface area contributed by atoms with Crippen molar-refractivity contribution in [3.05, 3.63) is 0 Å². The molecule has 0 fully saturated rings. The van der Waals surface area contributed by atoms with Crippen molar-refractivity contribution in [2.75, 3.05) is 13.7 Å². The van der Waals surface area contributed by atoms with E-state index >= 15 is 0 Å². The Kier molecular flexibility index (Phi) is 8.46. The third-order valence-corrected chi connectivity index (χ3v) is 2.19. The van der Waals surface area contributed by atoms with E-state index in [4.69, 9.17) is 4.74 Å². The highest BCUT2D eigenvalue weighted by molar-refractivity contribution is 4.63. The van der Waals surface area contributed by atoms with Crippen LogP contribution in [0.3, 0.4) is 0 Å². The summed E-state index contributed by atoms with van der Waals surface area (Å²) in [5, 5.41) is 3.34. The third kappa shape index (κ3) is 8.26. The molecule has 2 nitrogen and oxygen atoms in total. The van der Waals surface area contributed by atoms with Crippen molar-refractivity contribution in [1.29, 1.82) is 0 Å². The van der Waals surface area contributed by atoms with Gasteiger partial charge in [-0.3, -0.25) is 0 Å².